The van der Waals surface area contributed by atoms with Gasteiger partial charge in [0.2, 0.25) is 0 Å². The molecule has 2 heteroatoms. The maximum Gasteiger partial charge on any atom is 0.125 e. The third kappa shape index (κ3) is 2.72. The molecular formula is C13H20O2. The van der Waals surface area contributed by atoms with E-state index in [1.807, 2.05) is 26.0 Å². The summed E-state index contributed by atoms with van der Waals surface area (Å²) in [7, 11) is 0. The molecule has 0 aliphatic heterocycles. The lowest BCUT2D eigenvalue weighted by molar-refractivity contribution is 0.266. The minimum absolute atomic E-state index is 0.137. The second-order valence-corrected chi connectivity index (χ2v) is 3.71. The van der Waals surface area contributed by atoms with E-state index in [-0.39, 0.29) is 12.5 Å². The number of benzene rings is 1. The highest BCUT2D eigenvalue weighted by Crippen LogP contribution is 2.30. The van der Waals surface area contributed by atoms with Crippen molar-refractivity contribution in [3.63, 3.8) is 0 Å². The van der Waals surface area contributed by atoms with E-state index in [9.17, 15) is 5.11 Å². The maximum absolute atomic E-state index is 9.19. The molecule has 1 unspecified atom stereocenters. The second-order valence-electron chi connectivity index (χ2n) is 3.71. The van der Waals surface area contributed by atoms with Crippen molar-refractivity contribution in [1.29, 1.82) is 0 Å². The van der Waals surface area contributed by atoms with Gasteiger partial charge in [-0.15, -0.1) is 0 Å². The Morgan fingerprint density at radius 3 is 2.60 bits per heavy atom. The SMILES string of the molecule is CCOc1c(CC)cccc1C(C)CO. The van der Waals surface area contributed by atoms with Gasteiger partial charge in [0.15, 0.2) is 0 Å². The van der Waals surface area contributed by atoms with E-state index >= 15 is 0 Å². The first-order valence-electron chi connectivity index (χ1n) is 5.60. The monoisotopic (exact) mass is 208 g/mol. The lowest BCUT2D eigenvalue weighted by Gasteiger charge is -2.17. The fourth-order valence-electron chi connectivity index (χ4n) is 1.69. The van der Waals surface area contributed by atoms with E-state index in [0.29, 0.717) is 6.61 Å². The molecule has 1 N–H and O–H groups in total. The third-order valence-electron chi connectivity index (χ3n) is 2.60. The van der Waals surface area contributed by atoms with Crippen molar-refractivity contribution in [2.75, 3.05) is 13.2 Å². The predicted molar refractivity (Wildman–Crippen MR) is 62.5 cm³/mol. The Bertz CT molecular complexity index is 307. The van der Waals surface area contributed by atoms with Crippen molar-refractivity contribution in [3.05, 3.63) is 29.3 Å². The normalized spacial score (nSPS) is 12.5. The van der Waals surface area contributed by atoms with Crippen LogP contribution in [0.2, 0.25) is 0 Å². The first-order chi connectivity index (χ1) is 7.24. The summed E-state index contributed by atoms with van der Waals surface area (Å²) in [5.41, 5.74) is 2.33. The Kier molecular flexibility index (Phi) is 4.63. The molecule has 0 aliphatic rings. The average Bonchev–Trinajstić information content (AvgIpc) is 2.28. The largest absolute Gasteiger partial charge is 0.493 e. The van der Waals surface area contributed by atoms with Crippen molar-refractivity contribution in [1.82, 2.24) is 0 Å². The van der Waals surface area contributed by atoms with Crippen LogP contribution >= 0.6 is 0 Å². The Morgan fingerprint density at radius 2 is 2.07 bits per heavy atom. The molecule has 2 nitrogen and oxygen atoms in total. The summed E-state index contributed by atoms with van der Waals surface area (Å²) in [5, 5.41) is 9.19. The van der Waals surface area contributed by atoms with Crippen LogP contribution in [0.15, 0.2) is 18.2 Å². The average molecular weight is 208 g/mol. The van der Waals surface area contributed by atoms with E-state index in [4.69, 9.17) is 4.74 Å². The van der Waals surface area contributed by atoms with Crippen LogP contribution in [0.3, 0.4) is 0 Å². The van der Waals surface area contributed by atoms with Gasteiger partial charge in [-0.3, -0.25) is 0 Å². The van der Waals surface area contributed by atoms with Crippen LogP contribution < -0.4 is 4.74 Å². The van der Waals surface area contributed by atoms with Crippen molar-refractivity contribution in [3.8, 4) is 5.75 Å². The van der Waals surface area contributed by atoms with Gasteiger partial charge in [-0.05, 0) is 24.5 Å². The zero-order valence-corrected chi connectivity index (χ0v) is 9.79. The molecule has 0 aromatic heterocycles. The molecule has 84 valence electrons. The van der Waals surface area contributed by atoms with Crippen molar-refractivity contribution < 1.29 is 9.84 Å². The van der Waals surface area contributed by atoms with Crippen LogP contribution in [0.1, 0.15) is 37.8 Å². The third-order valence-corrected chi connectivity index (χ3v) is 2.60. The van der Waals surface area contributed by atoms with Gasteiger partial charge in [-0.2, -0.15) is 0 Å². The Labute approximate surface area is 91.9 Å². The van der Waals surface area contributed by atoms with Crippen LogP contribution in [-0.4, -0.2) is 18.3 Å². The molecule has 0 radical (unpaired) electrons. The predicted octanol–water partition coefficient (Wildman–Crippen LogP) is 2.74. The molecule has 0 amide bonds. The lowest BCUT2D eigenvalue weighted by Crippen LogP contribution is -2.05. The van der Waals surface area contributed by atoms with Crippen LogP contribution in [0.25, 0.3) is 0 Å². The summed E-state index contributed by atoms with van der Waals surface area (Å²) in [6, 6.07) is 6.15. The molecule has 0 aliphatic carbocycles. The van der Waals surface area contributed by atoms with Gasteiger partial charge < -0.3 is 9.84 Å². The highest BCUT2D eigenvalue weighted by Gasteiger charge is 2.13. The first-order valence-corrected chi connectivity index (χ1v) is 5.60. The van der Waals surface area contributed by atoms with Gasteiger partial charge in [0.05, 0.1) is 6.61 Å². The van der Waals surface area contributed by atoms with Crippen molar-refractivity contribution in [2.45, 2.75) is 33.1 Å². The first kappa shape index (κ1) is 12.1. The van der Waals surface area contributed by atoms with Gasteiger partial charge >= 0.3 is 0 Å². The highest BCUT2D eigenvalue weighted by molar-refractivity contribution is 5.43. The van der Waals surface area contributed by atoms with E-state index < -0.39 is 0 Å². The Hall–Kier alpha value is -1.02. The number of hydrogen-bond donors (Lipinski definition) is 1. The number of hydrogen-bond acceptors (Lipinski definition) is 2. The molecule has 15 heavy (non-hydrogen) atoms. The summed E-state index contributed by atoms with van der Waals surface area (Å²) >= 11 is 0. The van der Waals surface area contributed by atoms with Gasteiger partial charge in [-0.1, -0.05) is 32.0 Å². The summed E-state index contributed by atoms with van der Waals surface area (Å²) < 4.78 is 5.67. The smallest absolute Gasteiger partial charge is 0.125 e. The lowest BCUT2D eigenvalue weighted by atomic mass is 9.97. The number of para-hydroxylation sites is 1. The molecule has 0 heterocycles. The molecule has 1 rings (SSSR count). The molecule has 1 aromatic carbocycles. The number of rotatable bonds is 5. The molecule has 1 atom stereocenters. The topological polar surface area (TPSA) is 29.5 Å². The molecule has 1 aromatic rings. The van der Waals surface area contributed by atoms with Crippen LogP contribution in [0.4, 0.5) is 0 Å². The van der Waals surface area contributed by atoms with Gasteiger partial charge in [0, 0.05) is 12.5 Å². The van der Waals surface area contributed by atoms with Crippen LogP contribution in [0.5, 0.6) is 5.75 Å². The highest BCUT2D eigenvalue weighted by atomic mass is 16.5. The zero-order valence-electron chi connectivity index (χ0n) is 9.79. The van der Waals surface area contributed by atoms with Gasteiger partial charge in [0.25, 0.3) is 0 Å². The molecule has 0 fully saturated rings. The standard InChI is InChI=1S/C13H20O2/c1-4-11-7-6-8-12(10(3)9-14)13(11)15-5-2/h6-8,10,14H,4-5,9H2,1-3H3. The number of ether oxygens (including phenoxy) is 1. The summed E-state index contributed by atoms with van der Waals surface area (Å²) in [6.07, 6.45) is 0.960. The minimum atomic E-state index is 0.137. The summed E-state index contributed by atoms with van der Waals surface area (Å²) in [4.78, 5) is 0. The summed E-state index contributed by atoms with van der Waals surface area (Å²) in [6.45, 7) is 6.94. The second kappa shape index (κ2) is 5.76. The maximum atomic E-state index is 9.19. The quantitative estimate of drug-likeness (QED) is 0.806. The van der Waals surface area contributed by atoms with E-state index in [2.05, 4.69) is 13.0 Å². The summed E-state index contributed by atoms with van der Waals surface area (Å²) in [5.74, 6) is 1.10. The van der Waals surface area contributed by atoms with Crippen molar-refractivity contribution >= 4 is 0 Å². The van der Waals surface area contributed by atoms with Gasteiger partial charge in [-0.25, -0.2) is 0 Å². The van der Waals surface area contributed by atoms with E-state index in [0.717, 1.165) is 17.7 Å². The minimum Gasteiger partial charge on any atom is -0.493 e. The van der Waals surface area contributed by atoms with E-state index in [1.54, 1.807) is 0 Å². The van der Waals surface area contributed by atoms with E-state index in [1.165, 1.54) is 5.56 Å². The van der Waals surface area contributed by atoms with Gasteiger partial charge in [0.1, 0.15) is 5.75 Å². The number of aryl methyl sites for hydroxylation is 1. The van der Waals surface area contributed by atoms with Crippen LogP contribution in [-0.2, 0) is 6.42 Å². The Morgan fingerprint density at radius 1 is 1.33 bits per heavy atom. The fourth-order valence-corrected chi connectivity index (χ4v) is 1.69. The van der Waals surface area contributed by atoms with Crippen molar-refractivity contribution in [2.24, 2.45) is 0 Å². The molecule has 0 saturated heterocycles. The molecule has 0 bridgehead atoms. The molecule has 0 saturated carbocycles. The number of aliphatic hydroxyl groups is 1. The fraction of sp³-hybridized carbons (Fsp3) is 0.538. The van der Waals surface area contributed by atoms with Crippen LogP contribution in [0, 0.1) is 0 Å². The molecule has 0 spiro atoms. The number of aliphatic hydroxyl groups excluding tert-OH is 1. The zero-order chi connectivity index (χ0) is 11.3. The Balaban J connectivity index is 3.12. The molecular weight excluding hydrogens is 188 g/mol.